The molecule has 1 aromatic rings. The summed E-state index contributed by atoms with van der Waals surface area (Å²) in [5.74, 6) is -0.350. The topological polar surface area (TPSA) is 43.1 Å². The molecule has 0 unspecified atom stereocenters. The van der Waals surface area contributed by atoms with Crippen LogP contribution in [0.4, 0.5) is 0 Å². The zero-order valence-electron chi connectivity index (χ0n) is 7.99. The fourth-order valence-corrected chi connectivity index (χ4v) is 1.98. The van der Waals surface area contributed by atoms with Gasteiger partial charge in [-0.2, -0.15) is 0 Å². The van der Waals surface area contributed by atoms with Crippen molar-refractivity contribution in [2.24, 2.45) is 5.73 Å². The summed E-state index contributed by atoms with van der Waals surface area (Å²) in [4.78, 5) is 10.8. The molecule has 0 saturated carbocycles. The van der Waals surface area contributed by atoms with Crippen LogP contribution in [0, 0.1) is 0 Å². The Morgan fingerprint density at radius 1 is 1.29 bits per heavy atom. The molecule has 2 rings (SSSR count). The second-order valence-corrected chi connectivity index (χ2v) is 3.58. The smallest absolute Gasteiger partial charge is 0.241 e. The molecule has 1 amide bonds. The number of nitrogens with two attached hydrogens (primary N) is 1. The highest BCUT2D eigenvalue weighted by Crippen LogP contribution is 2.29. The van der Waals surface area contributed by atoms with Crippen molar-refractivity contribution in [3.05, 3.63) is 41.5 Å². The highest BCUT2D eigenvalue weighted by Gasteiger charge is 2.13. The molecule has 72 valence electrons. The number of amides is 1. The van der Waals surface area contributed by atoms with E-state index in [1.807, 2.05) is 12.1 Å². The molecule has 0 heterocycles. The molecule has 0 radical (unpaired) electrons. The predicted molar refractivity (Wildman–Crippen MR) is 56.6 cm³/mol. The molecule has 2 heteroatoms. The largest absolute Gasteiger partial charge is 0.366 e. The predicted octanol–water partition coefficient (Wildman–Crippen LogP) is 1.89. The Labute approximate surface area is 83.4 Å². The average Bonchev–Trinajstić information content (AvgIpc) is 2.18. The summed E-state index contributed by atoms with van der Waals surface area (Å²) < 4.78 is 0. The first-order chi connectivity index (χ1) is 6.77. The van der Waals surface area contributed by atoms with Crippen molar-refractivity contribution in [1.82, 2.24) is 0 Å². The lowest BCUT2D eigenvalue weighted by atomic mass is 9.87. The van der Waals surface area contributed by atoms with E-state index in [4.69, 9.17) is 5.73 Å². The number of carbonyl (C=O) groups is 1. The van der Waals surface area contributed by atoms with Crippen molar-refractivity contribution < 1.29 is 4.79 Å². The normalized spacial score (nSPS) is 17.9. The molecule has 0 atom stereocenters. The van der Waals surface area contributed by atoms with Gasteiger partial charge < -0.3 is 5.73 Å². The van der Waals surface area contributed by atoms with Crippen molar-refractivity contribution >= 4 is 11.5 Å². The lowest BCUT2D eigenvalue weighted by molar-refractivity contribution is -0.113. The first-order valence-corrected chi connectivity index (χ1v) is 4.85. The van der Waals surface area contributed by atoms with Crippen molar-refractivity contribution in [3.63, 3.8) is 0 Å². The van der Waals surface area contributed by atoms with E-state index in [2.05, 4.69) is 12.1 Å². The maximum atomic E-state index is 10.8. The quantitative estimate of drug-likeness (QED) is 0.670. The highest BCUT2D eigenvalue weighted by molar-refractivity contribution is 5.94. The fourth-order valence-electron chi connectivity index (χ4n) is 1.98. The minimum atomic E-state index is -0.350. The highest BCUT2D eigenvalue weighted by atomic mass is 16.1. The number of carbonyl (C=O) groups excluding carboxylic acids is 1. The minimum absolute atomic E-state index is 0.350. The first kappa shape index (κ1) is 9.00. The van der Waals surface area contributed by atoms with Gasteiger partial charge in [-0.15, -0.1) is 0 Å². The van der Waals surface area contributed by atoms with Gasteiger partial charge in [0.25, 0.3) is 0 Å². The van der Waals surface area contributed by atoms with Crippen LogP contribution in [0.1, 0.15) is 24.0 Å². The molecule has 0 saturated heterocycles. The summed E-state index contributed by atoms with van der Waals surface area (Å²) in [7, 11) is 0. The minimum Gasteiger partial charge on any atom is -0.366 e. The van der Waals surface area contributed by atoms with Gasteiger partial charge in [0, 0.05) is 6.08 Å². The van der Waals surface area contributed by atoms with Gasteiger partial charge >= 0.3 is 0 Å². The van der Waals surface area contributed by atoms with E-state index < -0.39 is 0 Å². The van der Waals surface area contributed by atoms with E-state index in [0.717, 1.165) is 24.8 Å². The fraction of sp³-hybridized carbons (Fsp3) is 0.250. The lowest BCUT2D eigenvalue weighted by Crippen LogP contribution is -2.09. The van der Waals surface area contributed by atoms with E-state index in [1.165, 1.54) is 11.1 Å². The summed E-state index contributed by atoms with van der Waals surface area (Å²) in [6, 6.07) is 8.21. The van der Waals surface area contributed by atoms with Crippen LogP contribution in [-0.4, -0.2) is 5.91 Å². The molecule has 0 aliphatic heterocycles. The number of primary amides is 1. The Kier molecular flexibility index (Phi) is 2.35. The van der Waals surface area contributed by atoms with Crippen LogP contribution in [0.15, 0.2) is 30.3 Å². The number of rotatable bonds is 1. The van der Waals surface area contributed by atoms with Gasteiger partial charge in [0.15, 0.2) is 0 Å². The molecular weight excluding hydrogens is 174 g/mol. The van der Waals surface area contributed by atoms with Crippen LogP contribution in [0.5, 0.6) is 0 Å². The molecule has 1 aliphatic rings. The van der Waals surface area contributed by atoms with Gasteiger partial charge in [-0.05, 0) is 36.0 Å². The van der Waals surface area contributed by atoms with Crippen molar-refractivity contribution in [2.75, 3.05) is 0 Å². The molecular formula is C12H13NO. The summed E-state index contributed by atoms with van der Waals surface area (Å²) in [6.07, 6.45) is 4.72. The Bertz CT molecular complexity index is 393. The third-order valence-corrected chi connectivity index (χ3v) is 2.57. The van der Waals surface area contributed by atoms with E-state index >= 15 is 0 Å². The van der Waals surface area contributed by atoms with Crippen LogP contribution >= 0.6 is 0 Å². The number of allylic oxidation sites excluding steroid dienone is 1. The molecule has 2 N–H and O–H groups in total. The molecule has 1 aromatic carbocycles. The zero-order valence-corrected chi connectivity index (χ0v) is 7.99. The Morgan fingerprint density at radius 2 is 2.07 bits per heavy atom. The van der Waals surface area contributed by atoms with Crippen LogP contribution < -0.4 is 5.73 Å². The van der Waals surface area contributed by atoms with Gasteiger partial charge in [-0.1, -0.05) is 24.3 Å². The van der Waals surface area contributed by atoms with E-state index in [1.54, 1.807) is 6.08 Å². The second-order valence-electron chi connectivity index (χ2n) is 3.58. The molecule has 14 heavy (non-hydrogen) atoms. The molecule has 2 nitrogen and oxygen atoms in total. The monoisotopic (exact) mass is 187 g/mol. The van der Waals surface area contributed by atoms with Crippen LogP contribution in [0.3, 0.4) is 0 Å². The molecule has 0 bridgehead atoms. The molecule has 1 aliphatic carbocycles. The standard InChI is InChI=1S/C12H13NO/c13-12(14)8-10-6-3-5-9-4-1-2-7-11(9)10/h1-2,4,7-8H,3,5-6H2,(H2,13,14). The van der Waals surface area contributed by atoms with Gasteiger partial charge in [0.2, 0.25) is 5.91 Å². The maximum absolute atomic E-state index is 10.8. The summed E-state index contributed by atoms with van der Waals surface area (Å²) in [6.45, 7) is 0. The van der Waals surface area contributed by atoms with Crippen molar-refractivity contribution in [2.45, 2.75) is 19.3 Å². The Balaban J connectivity index is 2.45. The maximum Gasteiger partial charge on any atom is 0.241 e. The van der Waals surface area contributed by atoms with Gasteiger partial charge in [-0.25, -0.2) is 0 Å². The Hall–Kier alpha value is -1.57. The summed E-state index contributed by atoms with van der Waals surface area (Å²) in [5, 5.41) is 0. The summed E-state index contributed by atoms with van der Waals surface area (Å²) >= 11 is 0. The van der Waals surface area contributed by atoms with Gasteiger partial charge in [0.05, 0.1) is 0 Å². The van der Waals surface area contributed by atoms with Crippen molar-refractivity contribution in [1.29, 1.82) is 0 Å². The van der Waals surface area contributed by atoms with Gasteiger partial charge in [-0.3, -0.25) is 4.79 Å². The van der Waals surface area contributed by atoms with Crippen LogP contribution in [0.2, 0.25) is 0 Å². The van der Waals surface area contributed by atoms with Gasteiger partial charge in [0.1, 0.15) is 0 Å². The zero-order chi connectivity index (χ0) is 9.97. The number of benzene rings is 1. The van der Waals surface area contributed by atoms with E-state index in [9.17, 15) is 4.79 Å². The Morgan fingerprint density at radius 3 is 2.86 bits per heavy atom. The molecule has 0 spiro atoms. The number of hydrogen-bond acceptors (Lipinski definition) is 1. The third-order valence-electron chi connectivity index (χ3n) is 2.57. The van der Waals surface area contributed by atoms with Crippen molar-refractivity contribution in [3.8, 4) is 0 Å². The molecule has 0 aromatic heterocycles. The van der Waals surface area contributed by atoms with E-state index in [-0.39, 0.29) is 5.91 Å². The summed E-state index contributed by atoms with van der Waals surface area (Å²) in [5.41, 5.74) is 8.77. The van der Waals surface area contributed by atoms with Crippen LogP contribution in [-0.2, 0) is 11.2 Å². The van der Waals surface area contributed by atoms with E-state index in [0.29, 0.717) is 0 Å². The number of aryl methyl sites for hydroxylation is 1. The molecule has 0 fully saturated rings. The number of fused-ring (bicyclic) bond motifs is 1. The third kappa shape index (κ3) is 1.69. The number of hydrogen-bond donors (Lipinski definition) is 1. The second kappa shape index (κ2) is 3.66. The average molecular weight is 187 g/mol. The first-order valence-electron chi connectivity index (χ1n) is 4.85. The van der Waals surface area contributed by atoms with Crippen LogP contribution in [0.25, 0.3) is 5.57 Å². The lowest BCUT2D eigenvalue weighted by Gasteiger charge is -2.18. The SMILES string of the molecule is NC(=O)C=C1CCCc2ccccc21.